The monoisotopic (exact) mass is 276 g/mol. The van der Waals surface area contributed by atoms with Gasteiger partial charge in [-0.1, -0.05) is 25.1 Å². The van der Waals surface area contributed by atoms with Crippen LogP contribution in [0.25, 0.3) is 0 Å². The second-order valence-electron chi connectivity index (χ2n) is 5.25. The number of rotatable bonds is 5. The van der Waals surface area contributed by atoms with Gasteiger partial charge < -0.3 is 10.2 Å². The van der Waals surface area contributed by atoms with E-state index in [1.54, 1.807) is 4.90 Å². The third-order valence-corrected chi connectivity index (χ3v) is 3.35. The normalized spacial score (nSPS) is 10.5. The fourth-order valence-electron chi connectivity index (χ4n) is 2.19. The SMILES string of the molecule is CCc1cccc(C)c1NC(=O)CN(C(C)=O)C(C)C. The Balaban J connectivity index is 2.84. The highest BCUT2D eigenvalue weighted by molar-refractivity contribution is 5.95. The van der Waals surface area contributed by atoms with E-state index in [4.69, 9.17) is 0 Å². The summed E-state index contributed by atoms with van der Waals surface area (Å²) in [5.41, 5.74) is 3.01. The van der Waals surface area contributed by atoms with Crippen molar-refractivity contribution in [3.8, 4) is 0 Å². The van der Waals surface area contributed by atoms with E-state index in [9.17, 15) is 9.59 Å². The first-order valence-corrected chi connectivity index (χ1v) is 7.02. The summed E-state index contributed by atoms with van der Waals surface area (Å²) in [6.45, 7) is 9.41. The van der Waals surface area contributed by atoms with Crippen LogP contribution in [0, 0.1) is 6.92 Å². The van der Waals surface area contributed by atoms with Crippen LogP contribution in [0.3, 0.4) is 0 Å². The summed E-state index contributed by atoms with van der Waals surface area (Å²) in [6, 6.07) is 5.98. The largest absolute Gasteiger partial charge is 0.331 e. The van der Waals surface area contributed by atoms with Crippen molar-refractivity contribution in [1.82, 2.24) is 4.90 Å². The van der Waals surface area contributed by atoms with Gasteiger partial charge in [0.2, 0.25) is 11.8 Å². The molecule has 0 saturated heterocycles. The second-order valence-corrected chi connectivity index (χ2v) is 5.25. The Kier molecular flexibility index (Phi) is 5.74. The Bertz CT molecular complexity index is 495. The van der Waals surface area contributed by atoms with Gasteiger partial charge in [-0.2, -0.15) is 0 Å². The lowest BCUT2D eigenvalue weighted by molar-refractivity contribution is -0.134. The molecule has 1 aromatic carbocycles. The Morgan fingerprint density at radius 3 is 2.45 bits per heavy atom. The molecular formula is C16H24N2O2. The van der Waals surface area contributed by atoms with E-state index in [1.165, 1.54) is 6.92 Å². The van der Waals surface area contributed by atoms with Crippen LogP contribution in [0.2, 0.25) is 0 Å². The molecule has 0 unspecified atom stereocenters. The highest BCUT2D eigenvalue weighted by Crippen LogP contribution is 2.21. The van der Waals surface area contributed by atoms with Gasteiger partial charge in [-0.3, -0.25) is 9.59 Å². The van der Waals surface area contributed by atoms with Crippen LogP contribution in [0.5, 0.6) is 0 Å². The van der Waals surface area contributed by atoms with Crippen LogP contribution in [-0.2, 0) is 16.0 Å². The lowest BCUT2D eigenvalue weighted by Crippen LogP contribution is -2.41. The van der Waals surface area contributed by atoms with Crippen LogP contribution < -0.4 is 5.32 Å². The molecule has 1 aromatic rings. The Morgan fingerprint density at radius 1 is 1.30 bits per heavy atom. The Hall–Kier alpha value is -1.84. The fourth-order valence-corrected chi connectivity index (χ4v) is 2.19. The van der Waals surface area contributed by atoms with E-state index in [1.807, 2.05) is 39.0 Å². The average molecular weight is 276 g/mol. The van der Waals surface area contributed by atoms with Crippen molar-refractivity contribution in [2.24, 2.45) is 0 Å². The molecule has 110 valence electrons. The van der Waals surface area contributed by atoms with Crippen molar-refractivity contribution in [3.05, 3.63) is 29.3 Å². The topological polar surface area (TPSA) is 49.4 Å². The summed E-state index contributed by atoms with van der Waals surface area (Å²) >= 11 is 0. The third-order valence-electron chi connectivity index (χ3n) is 3.35. The number of hydrogen-bond acceptors (Lipinski definition) is 2. The van der Waals surface area contributed by atoms with Crippen molar-refractivity contribution in [2.75, 3.05) is 11.9 Å². The van der Waals surface area contributed by atoms with Crippen molar-refractivity contribution in [3.63, 3.8) is 0 Å². The van der Waals surface area contributed by atoms with Crippen LogP contribution in [0.1, 0.15) is 38.8 Å². The molecule has 0 aliphatic carbocycles. The van der Waals surface area contributed by atoms with Gasteiger partial charge >= 0.3 is 0 Å². The molecule has 4 heteroatoms. The number of carbonyl (C=O) groups is 2. The van der Waals surface area contributed by atoms with Gasteiger partial charge in [0.15, 0.2) is 0 Å². The summed E-state index contributed by atoms with van der Waals surface area (Å²) < 4.78 is 0. The molecule has 0 heterocycles. The van der Waals surface area contributed by atoms with E-state index in [2.05, 4.69) is 12.2 Å². The van der Waals surface area contributed by atoms with Gasteiger partial charge in [0.25, 0.3) is 0 Å². The quantitative estimate of drug-likeness (QED) is 0.899. The van der Waals surface area contributed by atoms with Crippen LogP contribution in [-0.4, -0.2) is 29.3 Å². The summed E-state index contributed by atoms with van der Waals surface area (Å²) in [5, 5.41) is 2.94. The van der Waals surface area contributed by atoms with Gasteiger partial charge in [0.1, 0.15) is 6.54 Å². The van der Waals surface area contributed by atoms with Gasteiger partial charge in [-0.05, 0) is 38.3 Å². The lowest BCUT2D eigenvalue weighted by atomic mass is 10.1. The number of nitrogens with one attached hydrogen (secondary N) is 1. The first kappa shape index (κ1) is 16.2. The molecular weight excluding hydrogens is 252 g/mol. The van der Waals surface area contributed by atoms with Crippen molar-refractivity contribution < 1.29 is 9.59 Å². The molecule has 0 aliphatic heterocycles. The maximum Gasteiger partial charge on any atom is 0.244 e. The van der Waals surface area contributed by atoms with Crippen molar-refractivity contribution >= 4 is 17.5 Å². The number of anilines is 1. The number of amides is 2. The molecule has 4 nitrogen and oxygen atoms in total. The Labute approximate surface area is 121 Å². The van der Waals surface area contributed by atoms with Gasteiger partial charge in [-0.25, -0.2) is 0 Å². The second kappa shape index (κ2) is 7.08. The van der Waals surface area contributed by atoms with Crippen LogP contribution >= 0.6 is 0 Å². The van der Waals surface area contributed by atoms with Crippen LogP contribution in [0.4, 0.5) is 5.69 Å². The summed E-state index contributed by atoms with van der Waals surface area (Å²) in [5.74, 6) is -0.242. The first-order valence-electron chi connectivity index (χ1n) is 7.02. The zero-order chi connectivity index (χ0) is 15.3. The molecule has 0 fully saturated rings. The number of carbonyl (C=O) groups excluding carboxylic acids is 2. The van der Waals surface area contributed by atoms with Gasteiger partial charge in [-0.15, -0.1) is 0 Å². The van der Waals surface area contributed by atoms with E-state index in [-0.39, 0.29) is 24.4 Å². The molecule has 20 heavy (non-hydrogen) atoms. The molecule has 0 aliphatic rings. The molecule has 0 spiro atoms. The number of nitrogens with zero attached hydrogens (tertiary/aromatic N) is 1. The molecule has 0 atom stereocenters. The van der Waals surface area contributed by atoms with E-state index in [0.717, 1.165) is 23.2 Å². The number of benzene rings is 1. The van der Waals surface area contributed by atoms with Crippen molar-refractivity contribution in [2.45, 2.75) is 47.1 Å². The zero-order valence-corrected chi connectivity index (χ0v) is 13.0. The predicted molar refractivity (Wildman–Crippen MR) is 81.7 cm³/mol. The smallest absolute Gasteiger partial charge is 0.244 e. The molecule has 0 aromatic heterocycles. The molecule has 1 N–H and O–H groups in total. The van der Waals surface area contributed by atoms with Gasteiger partial charge in [0, 0.05) is 18.7 Å². The van der Waals surface area contributed by atoms with Gasteiger partial charge in [0.05, 0.1) is 0 Å². The molecule has 0 saturated carbocycles. The first-order chi connectivity index (χ1) is 9.36. The molecule has 2 amide bonds. The minimum atomic E-state index is -0.155. The number of para-hydroxylation sites is 1. The zero-order valence-electron chi connectivity index (χ0n) is 13.0. The highest BCUT2D eigenvalue weighted by atomic mass is 16.2. The third kappa shape index (κ3) is 4.08. The van der Waals surface area contributed by atoms with E-state index < -0.39 is 0 Å². The lowest BCUT2D eigenvalue weighted by Gasteiger charge is -2.25. The van der Waals surface area contributed by atoms with Crippen LogP contribution in [0.15, 0.2) is 18.2 Å². The minimum absolute atomic E-state index is 0.0146. The number of aryl methyl sites for hydroxylation is 2. The van der Waals surface area contributed by atoms with E-state index >= 15 is 0 Å². The molecule has 1 rings (SSSR count). The van der Waals surface area contributed by atoms with Crippen molar-refractivity contribution in [1.29, 1.82) is 0 Å². The standard InChI is InChI=1S/C16H24N2O2/c1-6-14-9-7-8-12(4)16(14)17-15(20)10-18(11(2)3)13(5)19/h7-9,11H,6,10H2,1-5H3,(H,17,20). The maximum atomic E-state index is 12.1. The summed E-state index contributed by atoms with van der Waals surface area (Å²) in [4.78, 5) is 25.2. The maximum absolute atomic E-state index is 12.1. The fraction of sp³-hybridized carbons (Fsp3) is 0.500. The highest BCUT2D eigenvalue weighted by Gasteiger charge is 2.17. The Morgan fingerprint density at radius 2 is 1.95 bits per heavy atom. The summed E-state index contributed by atoms with van der Waals surface area (Å²) in [6.07, 6.45) is 0.859. The summed E-state index contributed by atoms with van der Waals surface area (Å²) in [7, 11) is 0. The molecule has 0 bridgehead atoms. The molecule has 0 radical (unpaired) electrons. The van der Waals surface area contributed by atoms with E-state index in [0.29, 0.717) is 0 Å². The number of hydrogen-bond donors (Lipinski definition) is 1. The minimum Gasteiger partial charge on any atom is -0.331 e. The average Bonchev–Trinajstić information content (AvgIpc) is 2.37. The predicted octanol–water partition coefficient (Wildman–Crippen LogP) is 2.75.